The highest BCUT2D eigenvalue weighted by Crippen LogP contribution is 2.31. The fourth-order valence-corrected chi connectivity index (χ4v) is 6.14. The van der Waals surface area contributed by atoms with Gasteiger partial charge in [0.2, 0.25) is 0 Å². The van der Waals surface area contributed by atoms with E-state index in [0.717, 1.165) is 52.1 Å². The first-order valence-corrected chi connectivity index (χ1v) is 12.0. The Bertz CT molecular complexity index is 1130. The SMILES string of the molecule is CCc1c(C)sc2nc(S[C@H](C#N)Cc3ccccc3)n(C[C@@H]3CCCO3)c(=O)c12. The molecule has 30 heavy (non-hydrogen) atoms. The number of thioether (sulfide) groups is 1. The maximum atomic E-state index is 13.5. The van der Waals surface area contributed by atoms with Crippen molar-refractivity contribution in [3.8, 4) is 6.07 Å². The van der Waals surface area contributed by atoms with Crippen molar-refractivity contribution in [1.82, 2.24) is 9.55 Å². The number of hydrogen-bond donors (Lipinski definition) is 0. The molecule has 0 amide bonds. The summed E-state index contributed by atoms with van der Waals surface area (Å²) in [7, 11) is 0. The number of thiophene rings is 1. The number of nitrogens with zero attached hydrogens (tertiary/aromatic N) is 3. The Morgan fingerprint density at radius 2 is 2.20 bits per heavy atom. The highest BCUT2D eigenvalue weighted by molar-refractivity contribution is 8.00. The van der Waals surface area contributed by atoms with Crippen molar-refractivity contribution in [3.05, 3.63) is 56.7 Å². The van der Waals surface area contributed by atoms with E-state index in [-0.39, 0.29) is 16.9 Å². The molecule has 1 aliphatic heterocycles. The lowest BCUT2D eigenvalue weighted by atomic mass is 10.1. The summed E-state index contributed by atoms with van der Waals surface area (Å²) in [4.78, 5) is 20.3. The molecule has 0 spiro atoms. The Morgan fingerprint density at radius 3 is 2.87 bits per heavy atom. The van der Waals surface area contributed by atoms with Crippen LogP contribution in [0, 0.1) is 18.3 Å². The van der Waals surface area contributed by atoms with Gasteiger partial charge in [-0.1, -0.05) is 49.0 Å². The maximum absolute atomic E-state index is 13.5. The van der Waals surface area contributed by atoms with E-state index in [9.17, 15) is 10.1 Å². The van der Waals surface area contributed by atoms with E-state index < -0.39 is 0 Å². The van der Waals surface area contributed by atoms with Crippen molar-refractivity contribution in [2.24, 2.45) is 0 Å². The second-order valence-electron chi connectivity index (χ2n) is 7.54. The molecule has 1 aromatic carbocycles. The van der Waals surface area contributed by atoms with Crippen molar-refractivity contribution >= 4 is 33.3 Å². The van der Waals surface area contributed by atoms with Gasteiger partial charge in [0, 0.05) is 11.5 Å². The molecule has 0 aliphatic carbocycles. The summed E-state index contributed by atoms with van der Waals surface area (Å²) in [5, 5.41) is 10.8. The Kier molecular flexibility index (Phi) is 6.57. The highest BCUT2D eigenvalue weighted by atomic mass is 32.2. The van der Waals surface area contributed by atoms with Crippen LogP contribution in [0.2, 0.25) is 0 Å². The summed E-state index contributed by atoms with van der Waals surface area (Å²) in [5.74, 6) is 0. The molecule has 3 heterocycles. The maximum Gasteiger partial charge on any atom is 0.263 e. The Balaban J connectivity index is 1.74. The van der Waals surface area contributed by atoms with Crippen LogP contribution in [-0.4, -0.2) is 27.5 Å². The van der Waals surface area contributed by atoms with E-state index in [1.165, 1.54) is 11.8 Å². The second-order valence-corrected chi connectivity index (χ2v) is 9.91. The number of benzene rings is 1. The molecular formula is C23H25N3O2S2. The lowest BCUT2D eigenvalue weighted by Crippen LogP contribution is -2.29. The summed E-state index contributed by atoms with van der Waals surface area (Å²) in [6.45, 7) is 5.36. The van der Waals surface area contributed by atoms with E-state index in [4.69, 9.17) is 9.72 Å². The lowest BCUT2D eigenvalue weighted by molar-refractivity contribution is 0.0937. The minimum Gasteiger partial charge on any atom is -0.376 e. The number of nitriles is 1. The van der Waals surface area contributed by atoms with Crippen molar-refractivity contribution in [2.45, 2.75) is 62.6 Å². The van der Waals surface area contributed by atoms with Gasteiger partial charge in [-0.2, -0.15) is 5.26 Å². The standard InChI is InChI=1S/C23H25N3O2S2/c1-3-19-15(2)29-21-20(19)22(27)26(14-17-10-7-11-28-17)23(25-21)30-18(13-24)12-16-8-5-4-6-9-16/h4-6,8-9,17-18H,3,7,10-12,14H2,1-2H3/t17-,18-/m0/s1. The third-order valence-corrected chi connectivity index (χ3v) is 7.62. The van der Waals surface area contributed by atoms with Crippen LogP contribution < -0.4 is 5.56 Å². The summed E-state index contributed by atoms with van der Waals surface area (Å²) in [6.07, 6.45) is 3.41. The Hall–Kier alpha value is -2.14. The number of fused-ring (bicyclic) bond motifs is 1. The minimum absolute atomic E-state index is 0.00407. The molecule has 1 fully saturated rings. The fourth-order valence-electron chi connectivity index (χ4n) is 3.97. The van der Waals surface area contributed by atoms with Crippen LogP contribution in [0.3, 0.4) is 0 Å². The van der Waals surface area contributed by atoms with Gasteiger partial charge in [-0.15, -0.1) is 11.3 Å². The smallest absolute Gasteiger partial charge is 0.263 e. The van der Waals surface area contributed by atoms with Gasteiger partial charge >= 0.3 is 0 Å². The molecule has 156 valence electrons. The van der Waals surface area contributed by atoms with Gasteiger partial charge in [0.15, 0.2) is 5.16 Å². The Labute approximate surface area is 184 Å². The molecule has 2 aromatic heterocycles. The number of aromatic nitrogens is 2. The summed E-state index contributed by atoms with van der Waals surface area (Å²) in [5.41, 5.74) is 2.19. The van der Waals surface area contributed by atoms with Crippen LogP contribution in [0.15, 0.2) is 40.3 Å². The predicted molar refractivity (Wildman–Crippen MR) is 122 cm³/mol. The molecule has 1 saturated heterocycles. The molecule has 0 unspecified atom stereocenters. The van der Waals surface area contributed by atoms with Crippen molar-refractivity contribution < 1.29 is 4.74 Å². The van der Waals surface area contributed by atoms with Crippen molar-refractivity contribution in [3.63, 3.8) is 0 Å². The molecule has 5 nitrogen and oxygen atoms in total. The third kappa shape index (κ3) is 4.31. The molecule has 0 saturated carbocycles. The molecule has 0 N–H and O–H groups in total. The highest BCUT2D eigenvalue weighted by Gasteiger charge is 2.24. The molecular weight excluding hydrogens is 414 g/mol. The van der Waals surface area contributed by atoms with E-state index in [1.807, 2.05) is 30.3 Å². The first kappa shape index (κ1) is 21.1. The van der Waals surface area contributed by atoms with Gasteiger partial charge in [0.1, 0.15) is 10.1 Å². The van der Waals surface area contributed by atoms with Gasteiger partial charge in [-0.25, -0.2) is 4.98 Å². The molecule has 3 aromatic rings. The summed E-state index contributed by atoms with van der Waals surface area (Å²) >= 11 is 2.96. The van der Waals surface area contributed by atoms with Gasteiger partial charge < -0.3 is 4.74 Å². The van der Waals surface area contributed by atoms with Crippen LogP contribution in [0.25, 0.3) is 10.2 Å². The van der Waals surface area contributed by atoms with Crippen LogP contribution >= 0.6 is 23.1 Å². The van der Waals surface area contributed by atoms with E-state index >= 15 is 0 Å². The topological polar surface area (TPSA) is 67.9 Å². The first-order chi connectivity index (χ1) is 14.6. The molecule has 2 atom stereocenters. The summed E-state index contributed by atoms with van der Waals surface area (Å²) in [6, 6.07) is 12.4. The molecule has 0 bridgehead atoms. The molecule has 4 rings (SSSR count). The average Bonchev–Trinajstić information content (AvgIpc) is 3.37. The molecule has 0 radical (unpaired) electrons. The van der Waals surface area contributed by atoms with Crippen molar-refractivity contribution in [1.29, 1.82) is 5.26 Å². The van der Waals surface area contributed by atoms with Gasteiger partial charge in [0.05, 0.1) is 24.1 Å². The third-order valence-electron chi connectivity index (χ3n) is 5.50. The zero-order valence-corrected chi connectivity index (χ0v) is 18.9. The first-order valence-electron chi connectivity index (χ1n) is 10.3. The lowest BCUT2D eigenvalue weighted by Gasteiger charge is -2.17. The normalized spacial score (nSPS) is 17.3. The number of rotatable bonds is 7. The zero-order valence-electron chi connectivity index (χ0n) is 17.3. The number of hydrogen-bond acceptors (Lipinski definition) is 6. The van der Waals surface area contributed by atoms with E-state index in [2.05, 4.69) is 19.9 Å². The minimum atomic E-state index is -0.320. The quantitative estimate of drug-likeness (QED) is 0.393. The molecule has 7 heteroatoms. The van der Waals surface area contributed by atoms with Crippen LogP contribution in [0.1, 0.15) is 35.8 Å². The molecule has 1 aliphatic rings. The van der Waals surface area contributed by atoms with Crippen LogP contribution in [0.5, 0.6) is 0 Å². The van der Waals surface area contributed by atoms with Crippen molar-refractivity contribution in [2.75, 3.05) is 6.61 Å². The average molecular weight is 440 g/mol. The monoisotopic (exact) mass is 439 g/mol. The number of aryl methyl sites for hydroxylation is 2. The van der Waals surface area contributed by atoms with Gasteiger partial charge in [0.25, 0.3) is 5.56 Å². The number of ether oxygens (including phenoxy) is 1. The Morgan fingerprint density at radius 1 is 1.40 bits per heavy atom. The van der Waals surface area contributed by atoms with Gasteiger partial charge in [-0.3, -0.25) is 9.36 Å². The van der Waals surface area contributed by atoms with Crippen LogP contribution in [-0.2, 0) is 24.1 Å². The van der Waals surface area contributed by atoms with Crippen LogP contribution in [0.4, 0.5) is 0 Å². The predicted octanol–water partition coefficient (Wildman–Crippen LogP) is 4.73. The zero-order chi connectivity index (χ0) is 21.1. The fraction of sp³-hybridized carbons (Fsp3) is 0.435. The second kappa shape index (κ2) is 9.34. The van der Waals surface area contributed by atoms with Gasteiger partial charge in [-0.05, 0) is 43.7 Å². The van der Waals surface area contributed by atoms with E-state index in [1.54, 1.807) is 15.9 Å². The largest absolute Gasteiger partial charge is 0.376 e. The summed E-state index contributed by atoms with van der Waals surface area (Å²) < 4.78 is 7.56. The van der Waals surface area contributed by atoms with E-state index in [0.29, 0.717) is 18.1 Å².